The van der Waals surface area contributed by atoms with Crippen LogP contribution in [-0.4, -0.2) is 15.9 Å². The quantitative estimate of drug-likeness (QED) is 0.544. The largest absolute Gasteiger partial charge is 0.359 e. The van der Waals surface area contributed by atoms with E-state index in [4.69, 9.17) is 58.0 Å². The molecule has 1 aromatic rings. The molecule has 1 aromatic carbocycles. The second-order valence-corrected chi connectivity index (χ2v) is 8.62. The SMILES string of the molecule is CC(C)(C)C(=O)N[C@@H](Nc1c(Cl)cccc1Cl)C(Cl)(Cl)Cl. The van der Waals surface area contributed by atoms with E-state index >= 15 is 0 Å². The minimum absolute atomic E-state index is 0.283. The molecule has 118 valence electrons. The maximum absolute atomic E-state index is 12.1. The molecule has 0 aliphatic rings. The van der Waals surface area contributed by atoms with Gasteiger partial charge in [-0.25, -0.2) is 0 Å². The van der Waals surface area contributed by atoms with Gasteiger partial charge < -0.3 is 10.6 Å². The molecule has 8 heteroatoms. The van der Waals surface area contributed by atoms with Gasteiger partial charge in [-0.05, 0) is 12.1 Å². The minimum atomic E-state index is -1.79. The van der Waals surface area contributed by atoms with E-state index in [-0.39, 0.29) is 5.91 Å². The van der Waals surface area contributed by atoms with Crippen LogP contribution in [0.3, 0.4) is 0 Å². The Bertz CT molecular complexity index is 502. The predicted molar refractivity (Wildman–Crippen MR) is 91.8 cm³/mol. The highest BCUT2D eigenvalue weighted by atomic mass is 35.6. The summed E-state index contributed by atoms with van der Waals surface area (Å²) >= 11 is 29.9. The molecule has 0 aliphatic heterocycles. The molecule has 0 unspecified atom stereocenters. The number of anilines is 1. The van der Waals surface area contributed by atoms with Crippen LogP contribution in [0.5, 0.6) is 0 Å². The minimum Gasteiger partial charge on any atom is -0.359 e. The third kappa shape index (κ3) is 5.57. The zero-order chi connectivity index (χ0) is 16.4. The number of hydrogen-bond acceptors (Lipinski definition) is 2. The highest BCUT2D eigenvalue weighted by Gasteiger charge is 2.37. The number of para-hydroxylation sites is 1. The van der Waals surface area contributed by atoms with Gasteiger partial charge in [0, 0.05) is 5.41 Å². The first-order valence-electron chi connectivity index (χ1n) is 6.01. The zero-order valence-corrected chi connectivity index (χ0v) is 15.4. The Balaban J connectivity index is 3.03. The van der Waals surface area contributed by atoms with E-state index < -0.39 is 15.4 Å². The summed E-state index contributed by atoms with van der Waals surface area (Å²) in [6, 6.07) is 4.96. The van der Waals surface area contributed by atoms with Gasteiger partial charge in [0.2, 0.25) is 9.70 Å². The lowest BCUT2D eigenvalue weighted by atomic mass is 9.95. The molecule has 0 heterocycles. The van der Waals surface area contributed by atoms with Gasteiger partial charge in [-0.1, -0.05) is 84.8 Å². The van der Waals surface area contributed by atoms with Crippen molar-refractivity contribution in [3.05, 3.63) is 28.2 Å². The Morgan fingerprint density at radius 2 is 1.57 bits per heavy atom. The van der Waals surface area contributed by atoms with E-state index in [1.807, 2.05) is 0 Å². The van der Waals surface area contributed by atoms with Gasteiger partial charge in [0.15, 0.2) is 0 Å². The molecule has 2 N–H and O–H groups in total. The Morgan fingerprint density at radius 1 is 1.10 bits per heavy atom. The smallest absolute Gasteiger partial charge is 0.228 e. The van der Waals surface area contributed by atoms with Crippen molar-refractivity contribution in [2.24, 2.45) is 5.41 Å². The molecule has 0 bridgehead atoms. The van der Waals surface area contributed by atoms with Gasteiger partial charge in [0.05, 0.1) is 15.7 Å². The van der Waals surface area contributed by atoms with Crippen molar-refractivity contribution in [3.8, 4) is 0 Å². The summed E-state index contributed by atoms with van der Waals surface area (Å²) in [6.07, 6.45) is -0.994. The second-order valence-electron chi connectivity index (χ2n) is 5.44. The zero-order valence-electron chi connectivity index (χ0n) is 11.6. The molecule has 0 saturated carbocycles. The first kappa shape index (κ1) is 19.0. The molecular formula is C13H15Cl5N2O. The fraction of sp³-hybridized carbons (Fsp3) is 0.462. The van der Waals surface area contributed by atoms with Crippen LogP contribution in [0.4, 0.5) is 5.69 Å². The Hall–Kier alpha value is -0.0600. The number of hydrogen-bond donors (Lipinski definition) is 2. The first-order chi connectivity index (χ1) is 9.43. The van der Waals surface area contributed by atoms with Gasteiger partial charge in [-0.2, -0.15) is 0 Å². The second kappa shape index (κ2) is 7.01. The van der Waals surface area contributed by atoms with Crippen LogP contribution < -0.4 is 10.6 Å². The van der Waals surface area contributed by atoms with Gasteiger partial charge in [-0.3, -0.25) is 4.79 Å². The standard InChI is InChI=1S/C13H15Cl5N2O/c1-12(2,3)11(21)20-10(13(16,17)18)19-9-7(14)5-4-6-8(9)15/h4-6,10,19H,1-3H3,(H,20,21)/t10-/m1/s1. The number of carbonyl (C=O) groups is 1. The van der Waals surface area contributed by atoms with E-state index in [2.05, 4.69) is 10.6 Å². The lowest BCUT2D eigenvalue weighted by Crippen LogP contribution is -2.52. The molecule has 0 aliphatic carbocycles. The molecule has 1 atom stereocenters. The molecular weight excluding hydrogens is 377 g/mol. The Kier molecular flexibility index (Phi) is 6.34. The third-order valence-corrected chi connectivity index (χ3v) is 3.82. The molecule has 0 radical (unpaired) electrons. The van der Waals surface area contributed by atoms with Crippen molar-refractivity contribution in [2.45, 2.75) is 30.7 Å². The summed E-state index contributed by atoms with van der Waals surface area (Å²) in [7, 11) is 0. The van der Waals surface area contributed by atoms with Crippen LogP contribution >= 0.6 is 58.0 Å². The highest BCUT2D eigenvalue weighted by molar-refractivity contribution is 6.68. The van der Waals surface area contributed by atoms with Crippen LogP contribution in [0.25, 0.3) is 0 Å². The molecule has 21 heavy (non-hydrogen) atoms. The van der Waals surface area contributed by atoms with E-state index in [0.29, 0.717) is 15.7 Å². The Labute approximate surface area is 149 Å². The van der Waals surface area contributed by atoms with Gasteiger partial charge in [0.25, 0.3) is 0 Å². The van der Waals surface area contributed by atoms with Crippen LogP contribution in [0, 0.1) is 5.41 Å². The summed E-state index contributed by atoms with van der Waals surface area (Å²) in [5.74, 6) is -0.283. The Morgan fingerprint density at radius 3 is 1.95 bits per heavy atom. The lowest BCUT2D eigenvalue weighted by molar-refractivity contribution is -0.129. The van der Waals surface area contributed by atoms with Crippen molar-refractivity contribution in [3.63, 3.8) is 0 Å². The van der Waals surface area contributed by atoms with Crippen molar-refractivity contribution < 1.29 is 4.79 Å². The van der Waals surface area contributed by atoms with Crippen LogP contribution in [0.2, 0.25) is 10.0 Å². The number of carbonyl (C=O) groups excluding carboxylic acids is 1. The number of halogens is 5. The fourth-order valence-corrected chi connectivity index (χ4v) is 2.16. The van der Waals surface area contributed by atoms with E-state index in [1.165, 1.54) is 0 Å². The number of amides is 1. The third-order valence-electron chi connectivity index (χ3n) is 2.54. The van der Waals surface area contributed by atoms with E-state index in [9.17, 15) is 4.79 Å². The highest BCUT2D eigenvalue weighted by Crippen LogP contribution is 2.36. The monoisotopic (exact) mass is 390 g/mol. The maximum Gasteiger partial charge on any atom is 0.228 e. The molecule has 0 spiro atoms. The van der Waals surface area contributed by atoms with E-state index in [0.717, 1.165) is 0 Å². The summed E-state index contributed by atoms with van der Waals surface area (Å²) in [5.41, 5.74) is -0.258. The predicted octanol–water partition coefficient (Wildman–Crippen LogP) is 5.26. The first-order valence-corrected chi connectivity index (χ1v) is 7.90. The average molecular weight is 393 g/mol. The molecule has 3 nitrogen and oxygen atoms in total. The normalized spacial score (nSPS) is 13.7. The molecule has 1 amide bonds. The summed E-state index contributed by atoms with van der Waals surface area (Å²) in [5, 5.41) is 6.21. The number of rotatable bonds is 3. The van der Waals surface area contributed by atoms with E-state index in [1.54, 1.807) is 39.0 Å². The lowest BCUT2D eigenvalue weighted by Gasteiger charge is -2.30. The van der Waals surface area contributed by atoms with Crippen molar-refractivity contribution >= 4 is 69.6 Å². The number of nitrogens with one attached hydrogen (secondary N) is 2. The van der Waals surface area contributed by atoms with Crippen molar-refractivity contribution in [1.29, 1.82) is 0 Å². The summed E-state index contributed by atoms with van der Waals surface area (Å²) in [4.78, 5) is 12.1. The average Bonchev–Trinajstić information content (AvgIpc) is 2.29. The van der Waals surface area contributed by atoms with Crippen LogP contribution in [0.1, 0.15) is 20.8 Å². The molecule has 1 rings (SSSR count). The molecule has 0 fully saturated rings. The molecule has 0 saturated heterocycles. The number of alkyl halides is 3. The van der Waals surface area contributed by atoms with Crippen LogP contribution in [0.15, 0.2) is 18.2 Å². The topological polar surface area (TPSA) is 41.1 Å². The maximum atomic E-state index is 12.1. The van der Waals surface area contributed by atoms with Gasteiger partial charge in [-0.15, -0.1) is 0 Å². The number of benzene rings is 1. The van der Waals surface area contributed by atoms with Gasteiger partial charge >= 0.3 is 0 Å². The fourth-order valence-electron chi connectivity index (χ4n) is 1.33. The van der Waals surface area contributed by atoms with Crippen LogP contribution in [-0.2, 0) is 4.79 Å². The molecule has 0 aromatic heterocycles. The summed E-state index contributed by atoms with van der Waals surface area (Å²) in [6.45, 7) is 5.25. The summed E-state index contributed by atoms with van der Waals surface area (Å²) < 4.78 is -1.79. The van der Waals surface area contributed by atoms with Crippen molar-refractivity contribution in [2.75, 3.05) is 5.32 Å². The van der Waals surface area contributed by atoms with Crippen molar-refractivity contribution in [1.82, 2.24) is 5.32 Å². The van der Waals surface area contributed by atoms with Gasteiger partial charge in [0.1, 0.15) is 6.17 Å².